The van der Waals surface area contributed by atoms with Crippen LogP contribution in [0.1, 0.15) is 0 Å². The van der Waals surface area contributed by atoms with Gasteiger partial charge in [-0.05, 0) is 31.3 Å². The van der Waals surface area contributed by atoms with E-state index in [2.05, 4.69) is 4.90 Å². The summed E-state index contributed by atoms with van der Waals surface area (Å²) in [5, 5.41) is 0. The molecule has 0 aromatic heterocycles. The van der Waals surface area contributed by atoms with Crippen molar-refractivity contribution in [2.75, 3.05) is 45.7 Å². The van der Waals surface area contributed by atoms with Crippen molar-refractivity contribution >= 4 is 21.6 Å². The molecule has 0 N–H and O–H groups in total. The van der Waals surface area contributed by atoms with E-state index >= 15 is 0 Å². The van der Waals surface area contributed by atoms with Gasteiger partial charge in [0.2, 0.25) is 10.0 Å². The predicted molar refractivity (Wildman–Crippen MR) is 78.9 cm³/mol. The van der Waals surface area contributed by atoms with Crippen molar-refractivity contribution < 1.29 is 13.2 Å². The highest BCUT2D eigenvalue weighted by atomic mass is 35.5. The molecule has 0 spiro atoms. The maximum Gasteiger partial charge on any atom is 0.243 e. The van der Waals surface area contributed by atoms with Gasteiger partial charge in [-0.3, -0.25) is 0 Å². The first kappa shape index (κ1) is 15.6. The molecule has 2 rings (SSSR count). The van der Waals surface area contributed by atoms with Gasteiger partial charge in [0.25, 0.3) is 0 Å². The lowest BCUT2D eigenvalue weighted by Gasteiger charge is -2.31. The molecule has 0 unspecified atom stereocenters. The molecule has 1 aromatic carbocycles. The summed E-state index contributed by atoms with van der Waals surface area (Å²) in [7, 11) is -1.40. The number of hydrogen-bond donors (Lipinski definition) is 0. The van der Waals surface area contributed by atoms with E-state index in [0.29, 0.717) is 36.2 Å². The lowest BCUT2D eigenvalue weighted by molar-refractivity contribution is 0.222. The average Bonchev–Trinajstić information content (AvgIpc) is 2.46. The van der Waals surface area contributed by atoms with Gasteiger partial charge < -0.3 is 9.64 Å². The minimum Gasteiger partial charge on any atom is -0.492 e. The molecule has 7 heteroatoms. The van der Waals surface area contributed by atoms with Crippen LogP contribution in [-0.4, -0.2) is 63.3 Å². The van der Waals surface area contributed by atoms with Crippen LogP contribution in [0, 0.1) is 0 Å². The summed E-state index contributed by atoms with van der Waals surface area (Å²) in [6, 6.07) is 6.49. The first-order valence-corrected chi connectivity index (χ1v) is 8.49. The minimum absolute atomic E-state index is 0.306. The molecule has 1 aromatic rings. The van der Waals surface area contributed by atoms with Gasteiger partial charge in [-0.1, -0.05) is 0 Å². The summed E-state index contributed by atoms with van der Waals surface area (Å²) in [5.41, 5.74) is 0. The van der Waals surface area contributed by atoms with Gasteiger partial charge in [0.1, 0.15) is 12.4 Å². The van der Waals surface area contributed by atoms with E-state index in [-0.39, 0.29) is 0 Å². The number of ether oxygens (including phenoxy) is 1. The Labute approximate surface area is 125 Å². The number of benzene rings is 1. The molecule has 112 valence electrons. The normalized spacial score (nSPS) is 18.1. The fourth-order valence-corrected chi connectivity index (χ4v) is 3.54. The number of likely N-dealkylation sites (N-methyl/N-ethyl adjacent to an activating group) is 1. The number of sulfonamides is 1. The van der Waals surface area contributed by atoms with Crippen LogP contribution >= 0.6 is 11.6 Å². The van der Waals surface area contributed by atoms with Crippen molar-refractivity contribution in [2.24, 2.45) is 0 Å². The van der Waals surface area contributed by atoms with Crippen molar-refractivity contribution in [1.29, 1.82) is 0 Å². The van der Waals surface area contributed by atoms with Crippen LogP contribution in [0.4, 0.5) is 0 Å². The third-order valence-electron chi connectivity index (χ3n) is 3.27. The molecule has 0 bridgehead atoms. The topological polar surface area (TPSA) is 49.9 Å². The lowest BCUT2D eigenvalue weighted by atomic mass is 10.3. The van der Waals surface area contributed by atoms with Gasteiger partial charge in [0.05, 0.1) is 10.8 Å². The highest BCUT2D eigenvalue weighted by Crippen LogP contribution is 2.20. The Bertz CT molecular complexity index is 525. The van der Waals surface area contributed by atoms with Gasteiger partial charge in [-0.25, -0.2) is 8.42 Å². The van der Waals surface area contributed by atoms with Crippen molar-refractivity contribution in [2.45, 2.75) is 4.90 Å². The summed E-state index contributed by atoms with van der Waals surface area (Å²) in [5.74, 6) is 1.03. The van der Waals surface area contributed by atoms with Gasteiger partial charge in [-0.2, -0.15) is 4.31 Å². The van der Waals surface area contributed by atoms with E-state index < -0.39 is 10.0 Å². The highest BCUT2D eigenvalue weighted by molar-refractivity contribution is 7.89. The number of nitrogens with zero attached hydrogens (tertiary/aromatic N) is 2. The summed E-state index contributed by atoms with van der Waals surface area (Å²) < 4.78 is 31.8. The molecule has 1 heterocycles. The first-order chi connectivity index (χ1) is 9.54. The Morgan fingerprint density at radius 3 is 2.30 bits per heavy atom. The zero-order valence-corrected chi connectivity index (χ0v) is 13.0. The Balaban J connectivity index is 2.09. The van der Waals surface area contributed by atoms with Crippen molar-refractivity contribution in [3.8, 4) is 5.75 Å². The van der Waals surface area contributed by atoms with Gasteiger partial charge in [0.15, 0.2) is 0 Å². The van der Waals surface area contributed by atoms with E-state index in [1.807, 2.05) is 7.05 Å². The smallest absolute Gasteiger partial charge is 0.243 e. The first-order valence-electron chi connectivity index (χ1n) is 6.51. The zero-order chi connectivity index (χ0) is 14.6. The van der Waals surface area contributed by atoms with Crippen LogP contribution in [0.5, 0.6) is 5.75 Å². The third kappa shape index (κ3) is 3.63. The second-order valence-electron chi connectivity index (χ2n) is 4.72. The molecule has 5 nitrogen and oxygen atoms in total. The van der Waals surface area contributed by atoms with Crippen LogP contribution in [-0.2, 0) is 10.0 Å². The Kier molecular flexibility index (Phi) is 5.26. The summed E-state index contributed by atoms with van der Waals surface area (Å²) in [6.07, 6.45) is 0. The second kappa shape index (κ2) is 6.76. The molecule has 20 heavy (non-hydrogen) atoms. The molecule has 0 aliphatic carbocycles. The Morgan fingerprint density at radius 2 is 1.75 bits per heavy atom. The van der Waals surface area contributed by atoms with E-state index in [4.69, 9.17) is 16.3 Å². The van der Waals surface area contributed by atoms with E-state index in [9.17, 15) is 8.42 Å². The molecule has 0 atom stereocenters. The third-order valence-corrected chi connectivity index (χ3v) is 5.34. The number of rotatable bonds is 5. The average molecular weight is 319 g/mol. The molecule has 0 radical (unpaired) electrons. The standard InChI is InChI=1S/C13H19ClN2O3S/c1-15-7-9-16(10-8-15)20(17,18)13-4-2-12(3-5-13)19-11-6-14/h2-5H,6-11H2,1H3. The molecular weight excluding hydrogens is 300 g/mol. The molecular formula is C13H19ClN2O3S. The fourth-order valence-electron chi connectivity index (χ4n) is 2.04. The number of hydrogen-bond acceptors (Lipinski definition) is 4. The number of halogens is 1. The molecule has 0 amide bonds. The van der Waals surface area contributed by atoms with E-state index in [0.717, 1.165) is 13.1 Å². The van der Waals surface area contributed by atoms with Crippen LogP contribution < -0.4 is 4.74 Å². The monoisotopic (exact) mass is 318 g/mol. The van der Waals surface area contributed by atoms with Gasteiger partial charge in [-0.15, -0.1) is 11.6 Å². The van der Waals surface area contributed by atoms with E-state index in [1.165, 1.54) is 4.31 Å². The summed E-state index contributed by atoms with van der Waals surface area (Å²) >= 11 is 5.54. The number of alkyl halides is 1. The minimum atomic E-state index is -3.40. The van der Waals surface area contributed by atoms with E-state index in [1.54, 1.807) is 24.3 Å². The Hall–Kier alpha value is -0.820. The van der Waals surface area contributed by atoms with Crippen molar-refractivity contribution in [3.63, 3.8) is 0 Å². The summed E-state index contributed by atoms with van der Waals surface area (Å²) in [6.45, 7) is 2.99. The van der Waals surface area contributed by atoms with Crippen LogP contribution in [0.3, 0.4) is 0 Å². The van der Waals surface area contributed by atoms with Crippen molar-refractivity contribution in [1.82, 2.24) is 9.21 Å². The summed E-state index contributed by atoms with van der Waals surface area (Å²) in [4.78, 5) is 2.43. The maximum atomic E-state index is 12.5. The molecule has 1 aliphatic rings. The quantitative estimate of drug-likeness (QED) is 0.767. The van der Waals surface area contributed by atoms with Crippen LogP contribution in [0.2, 0.25) is 0 Å². The molecule has 1 fully saturated rings. The van der Waals surface area contributed by atoms with Crippen LogP contribution in [0.15, 0.2) is 29.2 Å². The Morgan fingerprint density at radius 1 is 1.15 bits per heavy atom. The molecule has 0 saturated carbocycles. The fraction of sp³-hybridized carbons (Fsp3) is 0.538. The molecule has 1 aliphatic heterocycles. The largest absolute Gasteiger partial charge is 0.492 e. The zero-order valence-electron chi connectivity index (χ0n) is 11.5. The predicted octanol–water partition coefficient (Wildman–Crippen LogP) is 1.24. The van der Waals surface area contributed by atoms with Gasteiger partial charge in [0, 0.05) is 26.2 Å². The maximum absolute atomic E-state index is 12.5. The molecule has 1 saturated heterocycles. The van der Waals surface area contributed by atoms with Gasteiger partial charge >= 0.3 is 0 Å². The second-order valence-corrected chi connectivity index (χ2v) is 7.03. The lowest BCUT2D eigenvalue weighted by Crippen LogP contribution is -2.46. The SMILES string of the molecule is CN1CCN(S(=O)(=O)c2ccc(OCCCl)cc2)CC1. The van der Waals surface area contributed by atoms with Crippen molar-refractivity contribution in [3.05, 3.63) is 24.3 Å². The van der Waals surface area contributed by atoms with Crippen LogP contribution in [0.25, 0.3) is 0 Å². The highest BCUT2D eigenvalue weighted by Gasteiger charge is 2.27. The number of piperazine rings is 1.